The summed E-state index contributed by atoms with van der Waals surface area (Å²) in [6, 6.07) is 11.0. The van der Waals surface area contributed by atoms with E-state index in [0.29, 0.717) is 11.3 Å². The van der Waals surface area contributed by atoms with Gasteiger partial charge in [0.25, 0.3) is 0 Å². The van der Waals surface area contributed by atoms with Crippen molar-refractivity contribution in [2.75, 3.05) is 6.61 Å². The van der Waals surface area contributed by atoms with Crippen LogP contribution in [0.1, 0.15) is 36.0 Å². The molecule has 30 heavy (non-hydrogen) atoms. The standard InChI is InChI=1S/C24H23F2NO3/c1-4-12-30-24(29)23-16(3)27(14-19-20(25)10-7-11-21(19)26)22(28)13-18(23)17-9-6-5-8-15(17)2/h4-11,18H,1,12-14H2,2-3H3. The zero-order valence-corrected chi connectivity index (χ0v) is 17.0. The van der Waals surface area contributed by atoms with Crippen LogP contribution in [0.25, 0.3) is 0 Å². The zero-order chi connectivity index (χ0) is 21.8. The first-order chi connectivity index (χ1) is 14.3. The van der Waals surface area contributed by atoms with Crippen LogP contribution in [0.4, 0.5) is 8.78 Å². The van der Waals surface area contributed by atoms with Crippen LogP contribution in [0.5, 0.6) is 0 Å². The first-order valence-electron chi connectivity index (χ1n) is 9.62. The second-order valence-corrected chi connectivity index (χ2v) is 7.18. The molecular formula is C24H23F2NO3. The Bertz CT molecular complexity index is 1010. The summed E-state index contributed by atoms with van der Waals surface area (Å²) in [5.41, 5.74) is 2.19. The maximum Gasteiger partial charge on any atom is 0.336 e. The van der Waals surface area contributed by atoms with Crippen LogP contribution < -0.4 is 0 Å². The number of ether oxygens (including phenoxy) is 1. The first-order valence-corrected chi connectivity index (χ1v) is 9.62. The highest BCUT2D eigenvalue weighted by Crippen LogP contribution is 2.39. The number of aryl methyl sites for hydroxylation is 1. The van der Waals surface area contributed by atoms with Crippen molar-refractivity contribution in [2.24, 2.45) is 0 Å². The zero-order valence-electron chi connectivity index (χ0n) is 17.0. The quantitative estimate of drug-likeness (QED) is 0.507. The van der Waals surface area contributed by atoms with E-state index in [2.05, 4.69) is 6.58 Å². The van der Waals surface area contributed by atoms with Crippen molar-refractivity contribution in [2.45, 2.75) is 32.7 Å². The Kier molecular flexibility index (Phi) is 6.45. The highest BCUT2D eigenvalue weighted by molar-refractivity contribution is 5.96. The van der Waals surface area contributed by atoms with Gasteiger partial charge in [0.05, 0.1) is 12.1 Å². The average Bonchev–Trinajstić information content (AvgIpc) is 2.71. The molecule has 0 spiro atoms. The smallest absolute Gasteiger partial charge is 0.336 e. The summed E-state index contributed by atoms with van der Waals surface area (Å²) in [7, 11) is 0. The Morgan fingerprint density at radius 2 is 1.83 bits per heavy atom. The van der Waals surface area contributed by atoms with Gasteiger partial charge in [0.1, 0.15) is 18.2 Å². The van der Waals surface area contributed by atoms with Crippen LogP contribution in [0.2, 0.25) is 0 Å². The molecule has 0 bridgehead atoms. The van der Waals surface area contributed by atoms with Gasteiger partial charge in [-0.15, -0.1) is 0 Å². The molecule has 1 aliphatic heterocycles. The van der Waals surface area contributed by atoms with E-state index >= 15 is 0 Å². The SMILES string of the molecule is C=CCOC(=O)C1=C(C)N(Cc2c(F)cccc2F)C(=O)CC1c1ccccc1C. The molecule has 0 saturated carbocycles. The second-order valence-electron chi connectivity index (χ2n) is 7.18. The molecule has 6 heteroatoms. The van der Waals surface area contributed by atoms with E-state index in [9.17, 15) is 18.4 Å². The van der Waals surface area contributed by atoms with Gasteiger partial charge in [0.15, 0.2) is 0 Å². The van der Waals surface area contributed by atoms with Crippen molar-refractivity contribution < 1.29 is 23.1 Å². The molecule has 0 saturated heterocycles. The number of benzene rings is 2. The van der Waals surface area contributed by atoms with Crippen molar-refractivity contribution in [3.05, 3.63) is 94.7 Å². The van der Waals surface area contributed by atoms with Crippen LogP contribution in [-0.2, 0) is 20.9 Å². The van der Waals surface area contributed by atoms with Crippen LogP contribution in [-0.4, -0.2) is 23.4 Å². The highest BCUT2D eigenvalue weighted by atomic mass is 19.1. The summed E-state index contributed by atoms with van der Waals surface area (Å²) in [4.78, 5) is 27.1. The van der Waals surface area contributed by atoms with Crippen molar-refractivity contribution in [3.63, 3.8) is 0 Å². The Morgan fingerprint density at radius 1 is 1.17 bits per heavy atom. The van der Waals surface area contributed by atoms with Gasteiger partial charge in [0.2, 0.25) is 5.91 Å². The summed E-state index contributed by atoms with van der Waals surface area (Å²) < 4.78 is 33.6. The number of esters is 1. The molecule has 0 aliphatic carbocycles. The van der Waals surface area contributed by atoms with E-state index in [1.54, 1.807) is 6.92 Å². The molecule has 0 radical (unpaired) electrons. The summed E-state index contributed by atoms with van der Waals surface area (Å²) in [5.74, 6) is -2.88. The number of halogens is 2. The molecule has 2 aromatic carbocycles. The maximum atomic E-state index is 14.2. The molecular weight excluding hydrogens is 388 g/mol. The molecule has 0 fully saturated rings. The lowest BCUT2D eigenvalue weighted by molar-refractivity contribution is -0.139. The fourth-order valence-electron chi connectivity index (χ4n) is 3.77. The molecule has 1 amide bonds. The minimum Gasteiger partial charge on any atom is -0.458 e. The van der Waals surface area contributed by atoms with E-state index < -0.39 is 23.5 Å². The van der Waals surface area contributed by atoms with E-state index in [4.69, 9.17) is 4.74 Å². The Labute approximate surface area is 174 Å². The lowest BCUT2D eigenvalue weighted by Gasteiger charge is -2.35. The van der Waals surface area contributed by atoms with Crippen LogP contribution in [0.15, 0.2) is 66.4 Å². The van der Waals surface area contributed by atoms with Gasteiger partial charge >= 0.3 is 5.97 Å². The van der Waals surface area contributed by atoms with E-state index in [1.165, 1.54) is 17.0 Å². The summed E-state index contributed by atoms with van der Waals surface area (Å²) in [6.45, 7) is 6.77. The number of allylic oxidation sites excluding steroid dienone is 1. The predicted octanol–water partition coefficient (Wildman–Crippen LogP) is 4.79. The highest BCUT2D eigenvalue weighted by Gasteiger charge is 2.37. The molecule has 1 heterocycles. The van der Waals surface area contributed by atoms with E-state index in [0.717, 1.165) is 23.3 Å². The van der Waals surface area contributed by atoms with Gasteiger partial charge in [-0.2, -0.15) is 0 Å². The Morgan fingerprint density at radius 3 is 2.47 bits per heavy atom. The third-order valence-electron chi connectivity index (χ3n) is 5.32. The number of hydrogen-bond donors (Lipinski definition) is 0. The van der Waals surface area contributed by atoms with Gasteiger partial charge in [-0.25, -0.2) is 13.6 Å². The maximum absolute atomic E-state index is 14.2. The molecule has 156 valence electrons. The molecule has 0 N–H and O–H groups in total. The number of hydrogen-bond acceptors (Lipinski definition) is 3. The third-order valence-corrected chi connectivity index (χ3v) is 5.32. The van der Waals surface area contributed by atoms with Gasteiger partial charge in [-0.3, -0.25) is 4.79 Å². The van der Waals surface area contributed by atoms with E-state index in [-0.39, 0.29) is 31.0 Å². The number of nitrogens with zero attached hydrogens (tertiary/aromatic N) is 1. The van der Waals surface area contributed by atoms with Crippen LogP contribution in [0, 0.1) is 18.6 Å². The Hall–Kier alpha value is -3.28. The molecule has 4 nitrogen and oxygen atoms in total. The normalized spacial score (nSPS) is 16.6. The molecule has 1 aliphatic rings. The number of amides is 1. The number of carbonyl (C=O) groups is 2. The summed E-state index contributed by atoms with van der Waals surface area (Å²) in [5, 5.41) is 0. The average molecular weight is 411 g/mol. The molecule has 2 aromatic rings. The van der Waals surface area contributed by atoms with E-state index in [1.807, 2.05) is 31.2 Å². The van der Waals surface area contributed by atoms with Crippen molar-refractivity contribution in [3.8, 4) is 0 Å². The predicted molar refractivity (Wildman–Crippen MR) is 109 cm³/mol. The van der Waals surface area contributed by atoms with Crippen LogP contribution >= 0.6 is 0 Å². The van der Waals surface area contributed by atoms with Crippen LogP contribution in [0.3, 0.4) is 0 Å². The number of rotatable bonds is 6. The lowest BCUT2D eigenvalue weighted by Crippen LogP contribution is -2.38. The minimum atomic E-state index is -0.743. The topological polar surface area (TPSA) is 46.6 Å². The minimum absolute atomic E-state index is 0.00319. The molecule has 1 unspecified atom stereocenters. The summed E-state index contributed by atoms with van der Waals surface area (Å²) >= 11 is 0. The van der Waals surface area contributed by atoms with Crippen molar-refractivity contribution in [1.29, 1.82) is 0 Å². The molecule has 1 atom stereocenters. The molecule has 3 rings (SSSR count). The largest absolute Gasteiger partial charge is 0.458 e. The third kappa shape index (κ3) is 4.17. The Balaban J connectivity index is 2.08. The van der Waals surface area contributed by atoms with Crippen molar-refractivity contribution >= 4 is 11.9 Å². The fourth-order valence-corrected chi connectivity index (χ4v) is 3.77. The fraction of sp³-hybridized carbons (Fsp3) is 0.250. The second kappa shape index (κ2) is 9.03. The summed E-state index contributed by atoms with van der Waals surface area (Å²) in [6.07, 6.45) is 1.45. The van der Waals surface area contributed by atoms with Gasteiger partial charge in [0, 0.05) is 23.6 Å². The van der Waals surface area contributed by atoms with Crippen molar-refractivity contribution in [1.82, 2.24) is 4.90 Å². The molecule has 0 aromatic heterocycles. The lowest BCUT2D eigenvalue weighted by atomic mass is 9.81. The van der Waals surface area contributed by atoms with Gasteiger partial charge in [-0.05, 0) is 37.1 Å². The number of carbonyl (C=O) groups excluding carboxylic acids is 2. The van der Waals surface area contributed by atoms with Gasteiger partial charge < -0.3 is 9.64 Å². The van der Waals surface area contributed by atoms with Gasteiger partial charge in [-0.1, -0.05) is 43.0 Å². The first kappa shape index (κ1) is 21.4. The monoisotopic (exact) mass is 411 g/mol.